The van der Waals surface area contributed by atoms with Crippen molar-refractivity contribution in [2.75, 3.05) is 18.7 Å². The van der Waals surface area contributed by atoms with E-state index in [-0.39, 0.29) is 42.1 Å². The minimum atomic E-state index is -0.534. The molecule has 0 unspecified atom stereocenters. The lowest BCUT2D eigenvalue weighted by Crippen LogP contribution is -2.33. The van der Waals surface area contributed by atoms with Crippen molar-refractivity contribution < 1.29 is 19.1 Å². The fraction of sp³-hybridized carbons (Fsp3) is 0.200. The average molecular weight is 410 g/mol. The van der Waals surface area contributed by atoms with E-state index in [2.05, 4.69) is 20.8 Å². The normalized spacial score (nSPS) is 12.0. The molecule has 2 aromatic carbocycles. The molecular weight excluding hydrogens is 392 g/mol. The van der Waals surface area contributed by atoms with Crippen molar-refractivity contribution in [2.24, 2.45) is 0 Å². The molecule has 154 valence electrons. The average Bonchev–Trinajstić information content (AvgIpc) is 3.21. The SMILES string of the molecule is O=C(CCc1ccc2c(c1)OCO2)NCC(=O)Nc1cccc2c(=O)[nH][nH]c(=O)c12. The number of carbonyl (C=O) groups excluding carboxylic acids is 2. The number of aromatic nitrogens is 2. The highest BCUT2D eigenvalue weighted by atomic mass is 16.7. The van der Waals surface area contributed by atoms with Gasteiger partial charge in [0.25, 0.3) is 11.1 Å². The number of carbonyl (C=O) groups is 2. The van der Waals surface area contributed by atoms with Gasteiger partial charge in [-0.1, -0.05) is 12.1 Å². The number of hydrogen-bond donors (Lipinski definition) is 4. The molecule has 4 N–H and O–H groups in total. The summed E-state index contributed by atoms with van der Waals surface area (Å²) < 4.78 is 10.6. The van der Waals surface area contributed by atoms with E-state index in [1.54, 1.807) is 12.1 Å². The summed E-state index contributed by atoms with van der Waals surface area (Å²) in [5.41, 5.74) is 0.101. The largest absolute Gasteiger partial charge is 0.454 e. The minimum Gasteiger partial charge on any atom is -0.454 e. The summed E-state index contributed by atoms with van der Waals surface area (Å²) >= 11 is 0. The van der Waals surface area contributed by atoms with Gasteiger partial charge >= 0.3 is 0 Å². The number of amides is 2. The molecule has 0 saturated heterocycles. The molecular formula is C20H18N4O6. The Kier molecular flexibility index (Phi) is 5.21. The van der Waals surface area contributed by atoms with Crippen LogP contribution in [0.2, 0.25) is 0 Å². The molecule has 0 saturated carbocycles. The number of aryl methyl sites for hydroxylation is 1. The number of H-pyrrole nitrogens is 2. The predicted octanol–water partition coefficient (Wildman–Crippen LogP) is 0.633. The Hall–Kier alpha value is -4.08. The van der Waals surface area contributed by atoms with Crippen molar-refractivity contribution >= 4 is 28.3 Å². The van der Waals surface area contributed by atoms with Crippen LogP contribution in [0.4, 0.5) is 5.69 Å². The van der Waals surface area contributed by atoms with Gasteiger partial charge in [-0.3, -0.25) is 29.4 Å². The summed E-state index contributed by atoms with van der Waals surface area (Å²) in [4.78, 5) is 48.1. The topological polar surface area (TPSA) is 142 Å². The Morgan fingerprint density at radius 3 is 2.63 bits per heavy atom. The molecule has 10 nitrogen and oxygen atoms in total. The van der Waals surface area contributed by atoms with Gasteiger partial charge in [-0.05, 0) is 36.2 Å². The van der Waals surface area contributed by atoms with Crippen molar-refractivity contribution in [3.05, 3.63) is 62.7 Å². The molecule has 1 aliphatic heterocycles. The van der Waals surface area contributed by atoms with Crippen molar-refractivity contribution in [1.82, 2.24) is 15.5 Å². The number of fused-ring (bicyclic) bond motifs is 2. The third-order valence-corrected chi connectivity index (χ3v) is 4.62. The fourth-order valence-corrected chi connectivity index (χ4v) is 3.15. The first-order chi connectivity index (χ1) is 14.5. The predicted molar refractivity (Wildman–Crippen MR) is 108 cm³/mol. The highest BCUT2D eigenvalue weighted by molar-refractivity contribution is 6.02. The van der Waals surface area contributed by atoms with Gasteiger partial charge in [0.05, 0.1) is 23.0 Å². The molecule has 2 amide bonds. The molecule has 1 aromatic heterocycles. The third-order valence-electron chi connectivity index (χ3n) is 4.62. The van der Waals surface area contributed by atoms with Gasteiger partial charge in [-0.25, -0.2) is 0 Å². The highest BCUT2D eigenvalue weighted by Gasteiger charge is 2.14. The summed E-state index contributed by atoms with van der Waals surface area (Å²) in [5.74, 6) is 0.513. The quantitative estimate of drug-likeness (QED) is 0.470. The molecule has 0 fully saturated rings. The molecule has 0 aliphatic carbocycles. The zero-order valence-electron chi connectivity index (χ0n) is 15.7. The van der Waals surface area contributed by atoms with Crippen molar-refractivity contribution in [3.63, 3.8) is 0 Å². The van der Waals surface area contributed by atoms with Crippen LogP contribution in [-0.4, -0.2) is 35.3 Å². The van der Waals surface area contributed by atoms with Crippen molar-refractivity contribution in [2.45, 2.75) is 12.8 Å². The van der Waals surface area contributed by atoms with E-state index in [1.807, 2.05) is 12.1 Å². The van der Waals surface area contributed by atoms with E-state index >= 15 is 0 Å². The molecule has 30 heavy (non-hydrogen) atoms. The first-order valence-corrected chi connectivity index (χ1v) is 9.20. The molecule has 0 atom stereocenters. The number of benzene rings is 2. The van der Waals surface area contributed by atoms with Crippen LogP contribution < -0.4 is 31.2 Å². The highest BCUT2D eigenvalue weighted by Crippen LogP contribution is 2.32. The van der Waals surface area contributed by atoms with Gasteiger partial charge in [0.2, 0.25) is 18.6 Å². The standard InChI is InChI=1S/C20H18N4O6/c25-16(7-5-11-4-6-14-15(8-11)30-10-29-14)21-9-17(26)22-13-3-1-2-12-18(13)20(28)24-23-19(12)27/h1-4,6,8H,5,7,9-10H2,(H,21,25)(H,22,26)(H,23,27)(H,24,28). The van der Waals surface area contributed by atoms with Crippen LogP contribution in [0, 0.1) is 0 Å². The Balaban J connectivity index is 1.32. The Labute approximate surface area is 169 Å². The third kappa shape index (κ3) is 4.02. The molecule has 2 heterocycles. The van der Waals surface area contributed by atoms with Gasteiger partial charge in [0, 0.05) is 6.42 Å². The van der Waals surface area contributed by atoms with E-state index in [1.165, 1.54) is 12.1 Å². The molecule has 10 heteroatoms. The van der Waals surface area contributed by atoms with Gasteiger partial charge in [-0.2, -0.15) is 0 Å². The summed E-state index contributed by atoms with van der Waals surface area (Å²) in [6.45, 7) is -0.0806. The zero-order valence-corrected chi connectivity index (χ0v) is 15.7. The van der Waals surface area contributed by atoms with E-state index in [0.29, 0.717) is 17.9 Å². The van der Waals surface area contributed by atoms with Gasteiger partial charge in [0.15, 0.2) is 11.5 Å². The monoisotopic (exact) mass is 410 g/mol. The molecule has 4 rings (SSSR count). The van der Waals surface area contributed by atoms with E-state index < -0.39 is 17.0 Å². The Morgan fingerprint density at radius 1 is 0.967 bits per heavy atom. The Morgan fingerprint density at radius 2 is 1.77 bits per heavy atom. The Bertz CT molecular complexity index is 1250. The second kappa shape index (κ2) is 8.11. The number of anilines is 1. The number of rotatable bonds is 6. The van der Waals surface area contributed by atoms with Crippen LogP contribution >= 0.6 is 0 Å². The second-order valence-corrected chi connectivity index (χ2v) is 6.65. The maximum absolute atomic E-state index is 12.2. The molecule has 0 radical (unpaired) electrons. The summed E-state index contributed by atoms with van der Waals surface area (Å²) in [5, 5.41) is 9.77. The summed E-state index contributed by atoms with van der Waals surface area (Å²) in [6, 6.07) is 10.0. The van der Waals surface area contributed by atoms with Crippen LogP contribution in [0.3, 0.4) is 0 Å². The maximum Gasteiger partial charge on any atom is 0.272 e. The van der Waals surface area contributed by atoms with Crippen LogP contribution in [0.5, 0.6) is 11.5 Å². The second-order valence-electron chi connectivity index (χ2n) is 6.65. The fourth-order valence-electron chi connectivity index (χ4n) is 3.15. The van der Waals surface area contributed by atoms with Crippen molar-refractivity contribution in [1.29, 1.82) is 0 Å². The number of hydrogen-bond acceptors (Lipinski definition) is 6. The first kappa shape index (κ1) is 19.2. The van der Waals surface area contributed by atoms with Crippen molar-refractivity contribution in [3.8, 4) is 11.5 Å². The van der Waals surface area contributed by atoms with Crippen LogP contribution in [0.15, 0.2) is 46.0 Å². The van der Waals surface area contributed by atoms with Crippen LogP contribution in [0.25, 0.3) is 10.8 Å². The molecule has 1 aliphatic rings. The molecule has 0 spiro atoms. The number of ether oxygens (including phenoxy) is 2. The molecule has 0 bridgehead atoms. The van der Waals surface area contributed by atoms with E-state index in [4.69, 9.17) is 9.47 Å². The molecule has 3 aromatic rings. The van der Waals surface area contributed by atoms with E-state index in [9.17, 15) is 19.2 Å². The van der Waals surface area contributed by atoms with Crippen LogP contribution in [0.1, 0.15) is 12.0 Å². The van der Waals surface area contributed by atoms with Gasteiger partial charge in [-0.15, -0.1) is 0 Å². The lowest BCUT2D eigenvalue weighted by Gasteiger charge is -2.09. The van der Waals surface area contributed by atoms with Gasteiger partial charge in [0.1, 0.15) is 0 Å². The zero-order chi connectivity index (χ0) is 21.1. The summed E-state index contributed by atoms with van der Waals surface area (Å²) in [7, 11) is 0. The van der Waals surface area contributed by atoms with Crippen LogP contribution in [-0.2, 0) is 16.0 Å². The lowest BCUT2D eigenvalue weighted by molar-refractivity contribution is -0.124. The smallest absolute Gasteiger partial charge is 0.272 e. The van der Waals surface area contributed by atoms with E-state index in [0.717, 1.165) is 5.56 Å². The number of nitrogens with one attached hydrogen (secondary N) is 4. The van der Waals surface area contributed by atoms with Gasteiger partial charge < -0.3 is 20.1 Å². The number of aromatic amines is 2. The minimum absolute atomic E-state index is 0.0729. The lowest BCUT2D eigenvalue weighted by atomic mass is 10.1. The maximum atomic E-state index is 12.2. The first-order valence-electron chi connectivity index (χ1n) is 9.20. The summed E-state index contributed by atoms with van der Waals surface area (Å²) in [6.07, 6.45) is 0.668.